The molecular formula is C21H23N5O2. The fraction of sp³-hybridized carbons (Fsp3) is 0.286. The molecule has 0 saturated carbocycles. The molecule has 1 fully saturated rings. The molecule has 0 unspecified atom stereocenters. The number of nitrogens with one attached hydrogen (secondary N) is 2. The van der Waals surface area contributed by atoms with Gasteiger partial charge in [0.05, 0.1) is 18.5 Å². The van der Waals surface area contributed by atoms with Crippen molar-refractivity contribution >= 4 is 11.6 Å². The molecule has 144 valence electrons. The Hall–Kier alpha value is -3.19. The third-order valence-corrected chi connectivity index (χ3v) is 4.62. The van der Waals surface area contributed by atoms with Gasteiger partial charge in [-0.25, -0.2) is 9.97 Å². The number of hydrogen-bond acceptors (Lipinski definition) is 7. The molecule has 1 aliphatic rings. The molecule has 2 aromatic heterocycles. The Labute approximate surface area is 164 Å². The molecule has 2 N–H and O–H groups in total. The standard InChI is InChI=1S/C21H23N5O2/c1-27-20-13-17(28-16-6-10-22-11-7-16)4-5-19(20)26-21-24-12-8-18(25-21)15-3-2-9-23-14-15/h2-5,8-9,12-14,16,22H,6-7,10-11H2,1H3,(H,24,25,26). The van der Waals surface area contributed by atoms with Crippen molar-refractivity contribution in [2.24, 2.45) is 0 Å². The van der Waals surface area contributed by atoms with Crippen LogP contribution in [0.25, 0.3) is 11.3 Å². The molecule has 0 aliphatic carbocycles. The van der Waals surface area contributed by atoms with E-state index >= 15 is 0 Å². The maximum absolute atomic E-state index is 6.09. The minimum atomic E-state index is 0.240. The van der Waals surface area contributed by atoms with Crippen molar-refractivity contribution in [2.75, 3.05) is 25.5 Å². The van der Waals surface area contributed by atoms with Crippen LogP contribution in [0.4, 0.5) is 11.6 Å². The summed E-state index contributed by atoms with van der Waals surface area (Å²) in [5.41, 5.74) is 2.52. The Bertz CT molecular complexity index is 914. The molecule has 7 nitrogen and oxygen atoms in total. The van der Waals surface area contributed by atoms with Gasteiger partial charge in [0.15, 0.2) is 0 Å². The average molecular weight is 377 g/mol. The highest BCUT2D eigenvalue weighted by atomic mass is 16.5. The number of pyridine rings is 1. The van der Waals surface area contributed by atoms with Gasteiger partial charge in [-0.3, -0.25) is 4.98 Å². The van der Waals surface area contributed by atoms with E-state index in [0.717, 1.165) is 48.6 Å². The van der Waals surface area contributed by atoms with Crippen molar-refractivity contribution in [1.82, 2.24) is 20.3 Å². The molecule has 3 aromatic rings. The second kappa shape index (κ2) is 8.67. The number of benzene rings is 1. The molecule has 0 radical (unpaired) electrons. The minimum absolute atomic E-state index is 0.240. The summed E-state index contributed by atoms with van der Waals surface area (Å²) >= 11 is 0. The van der Waals surface area contributed by atoms with Gasteiger partial charge in [0.1, 0.15) is 17.6 Å². The van der Waals surface area contributed by atoms with Crippen molar-refractivity contribution < 1.29 is 9.47 Å². The van der Waals surface area contributed by atoms with Gasteiger partial charge in [-0.15, -0.1) is 0 Å². The molecule has 0 atom stereocenters. The van der Waals surface area contributed by atoms with Crippen LogP contribution in [0.2, 0.25) is 0 Å². The summed E-state index contributed by atoms with van der Waals surface area (Å²) in [6.45, 7) is 1.98. The van der Waals surface area contributed by atoms with E-state index in [9.17, 15) is 0 Å². The van der Waals surface area contributed by atoms with Crippen LogP contribution in [-0.2, 0) is 0 Å². The third kappa shape index (κ3) is 4.37. The Balaban J connectivity index is 1.51. The number of ether oxygens (including phenoxy) is 2. The first kappa shape index (κ1) is 18.2. The number of piperidine rings is 1. The predicted octanol–water partition coefficient (Wildman–Crippen LogP) is 3.42. The highest BCUT2D eigenvalue weighted by molar-refractivity contribution is 5.66. The number of aromatic nitrogens is 3. The molecule has 28 heavy (non-hydrogen) atoms. The lowest BCUT2D eigenvalue weighted by atomic mass is 10.1. The first-order chi connectivity index (χ1) is 13.8. The lowest BCUT2D eigenvalue weighted by Gasteiger charge is -2.24. The van der Waals surface area contributed by atoms with Crippen LogP contribution in [0.1, 0.15) is 12.8 Å². The van der Waals surface area contributed by atoms with Crippen LogP contribution in [-0.4, -0.2) is 41.3 Å². The molecule has 1 aromatic carbocycles. The third-order valence-electron chi connectivity index (χ3n) is 4.62. The van der Waals surface area contributed by atoms with Crippen LogP contribution < -0.4 is 20.1 Å². The molecule has 0 bridgehead atoms. The second-order valence-electron chi connectivity index (χ2n) is 6.56. The smallest absolute Gasteiger partial charge is 0.227 e. The summed E-state index contributed by atoms with van der Waals surface area (Å²) in [4.78, 5) is 13.0. The predicted molar refractivity (Wildman–Crippen MR) is 108 cm³/mol. The van der Waals surface area contributed by atoms with Crippen LogP contribution in [0.5, 0.6) is 11.5 Å². The first-order valence-corrected chi connectivity index (χ1v) is 9.38. The average Bonchev–Trinajstić information content (AvgIpc) is 2.76. The van der Waals surface area contributed by atoms with Gasteiger partial charge in [0.2, 0.25) is 5.95 Å². The van der Waals surface area contributed by atoms with Crippen LogP contribution in [0.15, 0.2) is 55.0 Å². The van der Waals surface area contributed by atoms with Crippen molar-refractivity contribution in [3.05, 3.63) is 55.0 Å². The van der Waals surface area contributed by atoms with E-state index in [-0.39, 0.29) is 6.10 Å². The highest BCUT2D eigenvalue weighted by Gasteiger charge is 2.15. The molecule has 1 saturated heterocycles. The van der Waals surface area contributed by atoms with Crippen LogP contribution in [0.3, 0.4) is 0 Å². The van der Waals surface area contributed by atoms with E-state index in [1.807, 2.05) is 36.4 Å². The lowest BCUT2D eigenvalue weighted by Crippen LogP contribution is -2.34. The first-order valence-electron chi connectivity index (χ1n) is 9.38. The summed E-state index contributed by atoms with van der Waals surface area (Å²) in [6, 6.07) is 11.5. The molecular weight excluding hydrogens is 354 g/mol. The van der Waals surface area contributed by atoms with Crippen LogP contribution in [0, 0.1) is 0 Å². The monoisotopic (exact) mass is 377 g/mol. The van der Waals surface area contributed by atoms with Crippen molar-refractivity contribution in [3.63, 3.8) is 0 Å². The van der Waals surface area contributed by atoms with Gasteiger partial charge in [-0.2, -0.15) is 0 Å². The SMILES string of the molecule is COc1cc(OC2CCNCC2)ccc1Nc1nccc(-c2cccnc2)n1. The summed E-state index contributed by atoms with van der Waals surface area (Å²) in [7, 11) is 1.64. The molecule has 7 heteroatoms. The molecule has 4 rings (SSSR count). The summed E-state index contributed by atoms with van der Waals surface area (Å²) in [6.07, 6.45) is 7.50. The summed E-state index contributed by atoms with van der Waals surface area (Å²) in [5.74, 6) is 1.98. The highest BCUT2D eigenvalue weighted by Crippen LogP contribution is 2.32. The molecule has 0 spiro atoms. The maximum atomic E-state index is 6.09. The number of nitrogens with zero attached hydrogens (tertiary/aromatic N) is 3. The number of rotatable bonds is 6. The van der Waals surface area contributed by atoms with Crippen molar-refractivity contribution in [3.8, 4) is 22.8 Å². The van der Waals surface area contributed by atoms with E-state index in [1.54, 1.807) is 25.7 Å². The lowest BCUT2D eigenvalue weighted by molar-refractivity contribution is 0.162. The quantitative estimate of drug-likeness (QED) is 0.681. The number of methoxy groups -OCH3 is 1. The zero-order chi connectivity index (χ0) is 19.2. The van der Waals surface area contributed by atoms with Gasteiger partial charge in [-0.1, -0.05) is 0 Å². The second-order valence-corrected chi connectivity index (χ2v) is 6.56. The largest absolute Gasteiger partial charge is 0.494 e. The van der Waals surface area contributed by atoms with Gasteiger partial charge in [0.25, 0.3) is 0 Å². The van der Waals surface area contributed by atoms with E-state index in [4.69, 9.17) is 9.47 Å². The van der Waals surface area contributed by atoms with Gasteiger partial charge < -0.3 is 20.1 Å². The fourth-order valence-corrected chi connectivity index (χ4v) is 3.17. The summed E-state index contributed by atoms with van der Waals surface area (Å²) in [5, 5.41) is 6.57. The molecule has 1 aliphatic heterocycles. The van der Waals surface area contributed by atoms with Crippen molar-refractivity contribution in [2.45, 2.75) is 18.9 Å². The molecule has 3 heterocycles. The van der Waals surface area contributed by atoms with Crippen molar-refractivity contribution in [1.29, 1.82) is 0 Å². The number of hydrogen-bond donors (Lipinski definition) is 2. The topological polar surface area (TPSA) is 81.2 Å². The van der Waals surface area contributed by atoms with Crippen LogP contribution >= 0.6 is 0 Å². The zero-order valence-corrected chi connectivity index (χ0v) is 15.8. The fourth-order valence-electron chi connectivity index (χ4n) is 3.17. The van der Waals surface area contributed by atoms with E-state index in [0.29, 0.717) is 11.7 Å². The Morgan fingerprint density at radius 1 is 1.11 bits per heavy atom. The van der Waals surface area contributed by atoms with Gasteiger partial charge in [0, 0.05) is 30.2 Å². The zero-order valence-electron chi connectivity index (χ0n) is 15.8. The van der Waals surface area contributed by atoms with Gasteiger partial charge in [-0.05, 0) is 56.3 Å². The normalized spacial score (nSPS) is 14.5. The Morgan fingerprint density at radius 2 is 2.00 bits per heavy atom. The molecule has 0 amide bonds. The van der Waals surface area contributed by atoms with E-state index in [1.165, 1.54) is 0 Å². The maximum Gasteiger partial charge on any atom is 0.227 e. The van der Waals surface area contributed by atoms with E-state index in [2.05, 4.69) is 25.6 Å². The van der Waals surface area contributed by atoms with E-state index < -0.39 is 0 Å². The number of anilines is 2. The Kier molecular flexibility index (Phi) is 5.63. The Morgan fingerprint density at radius 3 is 2.79 bits per heavy atom. The minimum Gasteiger partial charge on any atom is -0.494 e. The van der Waals surface area contributed by atoms with Gasteiger partial charge >= 0.3 is 0 Å². The summed E-state index contributed by atoms with van der Waals surface area (Å²) < 4.78 is 11.6.